The predicted molar refractivity (Wildman–Crippen MR) is 167 cm³/mol. The van der Waals surface area contributed by atoms with Gasteiger partial charge in [0.05, 0.1) is 24.9 Å². The minimum absolute atomic E-state index is 0.0412. The molecule has 8 nitrogen and oxygen atoms in total. The van der Waals surface area contributed by atoms with Gasteiger partial charge in [0.2, 0.25) is 5.88 Å². The first-order valence-electron chi connectivity index (χ1n) is 14.6. The highest BCUT2D eigenvalue weighted by molar-refractivity contribution is 6.30. The van der Waals surface area contributed by atoms with Gasteiger partial charge in [-0.2, -0.15) is 0 Å². The molecule has 5 aromatic rings. The zero-order chi connectivity index (χ0) is 29.5. The van der Waals surface area contributed by atoms with Gasteiger partial charge >= 0.3 is 6.09 Å². The molecule has 1 amide bonds. The van der Waals surface area contributed by atoms with Crippen molar-refractivity contribution in [2.45, 2.75) is 37.8 Å². The summed E-state index contributed by atoms with van der Waals surface area (Å²) >= 11 is 6.10. The second-order valence-electron chi connectivity index (χ2n) is 11.0. The minimum atomic E-state index is -0.513. The van der Waals surface area contributed by atoms with Crippen LogP contribution in [0, 0.1) is 0 Å². The molecule has 0 spiro atoms. The zero-order valence-corrected chi connectivity index (χ0v) is 24.7. The third kappa shape index (κ3) is 6.82. The Balaban J connectivity index is 1.18. The molecule has 2 aromatic heterocycles. The van der Waals surface area contributed by atoms with E-state index < -0.39 is 6.09 Å². The van der Waals surface area contributed by atoms with Gasteiger partial charge in [0.1, 0.15) is 5.69 Å². The Kier molecular flexibility index (Phi) is 8.86. The third-order valence-corrected chi connectivity index (χ3v) is 8.51. The average molecular weight is 595 g/mol. The maximum atomic E-state index is 12.9. The predicted octanol–water partition coefficient (Wildman–Crippen LogP) is 6.22. The van der Waals surface area contributed by atoms with Crippen LogP contribution in [0.4, 0.5) is 4.79 Å². The van der Waals surface area contributed by atoms with E-state index in [1.807, 2.05) is 35.0 Å². The van der Waals surface area contributed by atoms with E-state index in [1.54, 1.807) is 12.7 Å². The lowest BCUT2D eigenvalue weighted by atomic mass is 9.68. The zero-order valence-electron chi connectivity index (χ0n) is 24.0. The first-order chi connectivity index (χ1) is 21.1. The standard InChI is InChI=1S/C34H35ClN6O2/c35-29-13-11-26(12-14-29)22-41-25-39-31(32(41)43-33(42)37-18-15-30-21-36-24-38-30)23-40-19-16-34(17-20-40,27-7-3-1-4-8-27)28-9-5-2-6-10-28/h1-14,21,24-25H,15-20,22-23H2,(H,36,38)(H,37,42). The number of carbonyl (C=O) groups is 1. The highest BCUT2D eigenvalue weighted by atomic mass is 35.5. The summed E-state index contributed by atoms with van der Waals surface area (Å²) in [5.74, 6) is 0.454. The average Bonchev–Trinajstić information content (AvgIpc) is 3.70. The van der Waals surface area contributed by atoms with E-state index in [0.29, 0.717) is 37.0 Å². The molecule has 1 aliphatic rings. The van der Waals surface area contributed by atoms with Crippen LogP contribution in [0.5, 0.6) is 5.88 Å². The molecular weight excluding hydrogens is 560 g/mol. The van der Waals surface area contributed by atoms with Crippen molar-refractivity contribution in [3.63, 3.8) is 0 Å². The number of piperidine rings is 1. The van der Waals surface area contributed by atoms with Gasteiger partial charge in [-0.3, -0.25) is 9.47 Å². The second-order valence-corrected chi connectivity index (χ2v) is 11.4. The molecule has 1 aliphatic heterocycles. The van der Waals surface area contributed by atoms with Crippen molar-refractivity contribution in [2.75, 3.05) is 19.6 Å². The number of carbonyl (C=O) groups excluding carboxylic acids is 1. The van der Waals surface area contributed by atoms with Crippen molar-refractivity contribution in [1.29, 1.82) is 0 Å². The highest BCUT2D eigenvalue weighted by Crippen LogP contribution is 2.42. The summed E-state index contributed by atoms with van der Waals surface area (Å²) in [6.07, 6.45) is 7.24. The number of aromatic amines is 1. The number of imidazole rings is 2. The second kappa shape index (κ2) is 13.3. The molecule has 2 N–H and O–H groups in total. The van der Waals surface area contributed by atoms with E-state index in [4.69, 9.17) is 21.3 Å². The van der Waals surface area contributed by atoms with Gasteiger partial charge in [0.15, 0.2) is 0 Å². The molecule has 6 rings (SSSR count). The van der Waals surface area contributed by atoms with Crippen LogP contribution in [-0.4, -0.2) is 50.1 Å². The van der Waals surface area contributed by atoms with Gasteiger partial charge in [-0.25, -0.2) is 14.8 Å². The summed E-state index contributed by atoms with van der Waals surface area (Å²) in [4.78, 5) is 27.2. The van der Waals surface area contributed by atoms with Gasteiger partial charge in [-0.05, 0) is 54.8 Å². The van der Waals surface area contributed by atoms with Crippen LogP contribution in [0.15, 0.2) is 104 Å². The number of hydrogen-bond acceptors (Lipinski definition) is 5. The molecule has 0 saturated carbocycles. The summed E-state index contributed by atoms with van der Waals surface area (Å²) in [6, 6.07) is 29.3. The number of aromatic nitrogens is 4. The Hall–Kier alpha value is -4.40. The number of halogens is 1. The maximum Gasteiger partial charge on any atom is 0.413 e. The van der Waals surface area contributed by atoms with Crippen LogP contribution in [0.25, 0.3) is 0 Å². The van der Waals surface area contributed by atoms with E-state index in [2.05, 4.69) is 80.8 Å². The molecule has 0 atom stereocenters. The first kappa shape index (κ1) is 28.7. The molecule has 0 unspecified atom stereocenters. The van der Waals surface area contributed by atoms with Crippen LogP contribution >= 0.6 is 11.6 Å². The van der Waals surface area contributed by atoms with Crippen molar-refractivity contribution in [3.8, 4) is 5.88 Å². The van der Waals surface area contributed by atoms with Gasteiger partial charge in [0, 0.05) is 36.1 Å². The summed E-state index contributed by atoms with van der Waals surface area (Å²) in [6.45, 7) is 3.29. The molecule has 1 fully saturated rings. The van der Waals surface area contributed by atoms with Crippen molar-refractivity contribution in [1.82, 2.24) is 29.7 Å². The molecular formula is C34H35ClN6O2. The van der Waals surface area contributed by atoms with E-state index in [-0.39, 0.29) is 5.41 Å². The largest absolute Gasteiger partial charge is 0.413 e. The minimum Gasteiger partial charge on any atom is -0.391 e. The molecule has 9 heteroatoms. The summed E-state index contributed by atoms with van der Waals surface area (Å²) in [5, 5.41) is 3.52. The molecule has 0 aliphatic carbocycles. The van der Waals surface area contributed by atoms with E-state index in [0.717, 1.165) is 42.9 Å². The molecule has 220 valence electrons. The first-order valence-corrected chi connectivity index (χ1v) is 15.0. The van der Waals surface area contributed by atoms with Crippen molar-refractivity contribution in [2.24, 2.45) is 0 Å². The summed E-state index contributed by atoms with van der Waals surface area (Å²) < 4.78 is 7.81. The Bertz CT molecular complexity index is 1550. The van der Waals surface area contributed by atoms with Crippen LogP contribution in [0.2, 0.25) is 5.02 Å². The number of ether oxygens (including phenoxy) is 1. The van der Waals surface area contributed by atoms with E-state index in [1.165, 1.54) is 11.1 Å². The van der Waals surface area contributed by atoms with Gasteiger partial charge in [0.25, 0.3) is 0 Å². The Morgan fingerprint density at radius 3 is 2.21 bits per heavy atom. The molecule has 3 heterocycles. The third-order valence-electron chi connectivity index (χ3n) is 8.26. The van der Waals surface area contributed by atoms with Crippen LogP contribution in [-0.2, 0) is 24.9 Å². The van der Waals surface area contributed by atoms with Crippen molar-refractivity contribution >= 4 is 17.7 Å². The SMILES string of the molecule is O=C(NCCc1c[nH]cn1)Oc1c(CN2CCC(c3ccccc3)(c3ccccc3)CC2)ncn1Cc1ccc(Cl)cc1. The summed E-state index contributed by atoms with van der Waals surface area (Å²) in [7, 11) is 0. The van der Waals surface area contributed by atoms with Gasteiger partial charge in [-0.15, -0.1) is 0 Å². The van der Waals surface area contributed by atoms with Gasteiger partial charge in [-0.1, -0.05) is 84.4 Å². The van der Waals surface area contributed by atoms with Crippen LogP contribution in [0.1, 0.15) is 40.9 Å². The maximum absolute atomic E-state index is 12.9. The summed E-state index contributed by atoms with van der Waals surface area (Å²) in [5.41, 5.74) is 5.31. The monoisotopic (exact) mass is 594 g/mol. The number of nitrogens with one attached hydrogen (secondary N) is 2. The van der Waals surface area contributed by atoms with Crippen LogP contribution in [0.3, 0.4) is 0 Å². The fraction of sp³-hybridized carbons (Fsp3) is 0.265. The molecule has 0 bridgehead atoms. The number of likely N-dealkylation sites (tertiary alicyclic amines) is 1. The molecule has 0 radical (unpaired) electrons. The lowest BCUT2D eigenvalue weighted by molar-refractivity contribution is 0.167. The normalized spacial score (nSPS) is 14.8. The molecule has 1 saturated heterocycles. The van der Waals surface area contributed by atoms with E-state index >= 15 is 0 Å². The molecule has 43 heavy (non-hydrogen) atoms. The number of amides is 1. The van der Waals surface area contributed by atoms with E-state index in [9.17, 15) is 4.79 Å². The lowest BCUT2D eigenvalue weighted by Gasteiger charge is -2.42. The smallest absolute Gasteiger partial charge is 0.391 e. The Morgan fingerprint density at radius 1 is 0.907 bits per heavy atom. The lowest BCUT2D eigenvalue weighted by Crippen LogP contribution is -2.43. The van der Waals surface area contributed by atoms with Crippen molar-refractivity contribution in [3.05, 3.63) is 137 Å². The highest BCUT2D eigenvalue weighted by Gasteiger charge is 2.38. The number of hydrogen-bond donors (Lipinski definition) is 2. The number of rotatable bonds is 10. The number of H-pyrrole nitrogens is 1. The van der Waals surface area contributed by atoms with Gasteiger partial charge < -0.3 is 15.0 Å². The number of benzene rings is 3. The quantitative estimate of drug-likeness (QED) is 0.200. The fourth-order valence-corrected chi connectivity index (χ4v) is 6.07. The Labute approximate surface area is 256 Å². The number of nitrogens with zero attached hydrogens (tertiary/aromatic N) is 4. The Morgan fingerprint density at radius 2 is 1.58 bits per heavy atom. The van der Waals surface area contributed by atoms with Crippen molar-refractivity contribution < 1.29 is 9.53 Å². The van der Waals surface area contributed by atoms with Crippen LogP contribution < -0.4 is 10.1 Å². The topological polar surface area (TPSA) is 88.1 Å². The fourth-order valence-electron chi connectivity index (χ4n) is 5.95. The molecule has 3 aromatic carbocycles.